The predicted octanol–water partition coefficient (Wildman–Crippen LogP) is 1.15. The molecule has 16 heavy (non-hydrogen) atoms. The quantitative estimate of drug-likeness (QED) is 0.753. The van der Waals surface area contributed by atoms with Gasteiger partial charge in [0, 0.05) is 18.5 Å². The molecule has 0 heterocycles. The van der Waals surface area contributed by atoms with Gasteiger partial charge in [-0.05, 0) is 23.8 Å². The molecular weight excluding hydrogens is 209 g/mol. The van der Waals surface area contributed by atoms with E-state index >= 15 is 0 Å². The Morgan fingerprint density at radius 1 is 1.50 bits per heavy atom. The summed E-state index contributed by atoms with van der Waals surface area (Å²) in [5.74, 6) is 4.12. The van der Waals surface area contributed by atoms with E-state index in [4.69, 9.17) is 10.8 Å². The summed E-state index contributed by atoms with van der Waals surface area (Å²) >= 11 is 0. The van der Waals surface area contributed by atoms with Gasteiger partial charge in [0.05, 0.1) is 6.42 Å². The Morgan fingerprint density at radius 3 is 2.88 bits per heavy atom. The molecule has 0 saturated heterocycles. The largest absolute Gasteiger partial charge is 0.481 e. The van der Waals surface area contributed by atoms with Crippen LogP contribution < -0.4 is 5.73 Å². The number of rotatable bonds is 3. The van der Waals surface area contributed by atoms with Gasteiger partial charge in [-0.1, -0.05) is 11.8 Å². The van der Waals surface area contributed by atoms with Gasteiger partial charge in [-0.25, -0.2) is 4.39 Å². The molecule has 0 saturated carbocycles. The van der Waals surface area contributed by atoms with Gasteiger partial charge in [0.25, 0.3) is 0 Å². The summed E-state index contributed by atoms with van der Waals surface area (Å²) in [5, 5.41) is 8.66. The van der Waals surface area contributed by atoms with E-state index in [1.165, 1.54) is 18.2 Å². The van der Waals surface area contributed by atoms with Crippen LogP contribution >= 0.6 is 0 Å². The molecule has 0 spiro atoms. The Hall–Kier alpha value is -1.86. The number of hydrogen-bond donors (Lipinski definition) is 2. The summed E-state index contributed by atoms with van der Waals surface area (Å²) < 4.78 is 12.9. The summed E-state index contributed by atoms with van der Waals surface area (Å²) in [4.78, 5) is 10.6. The van der Waals surface area contributed by atoms with E-state index in [1.807, 2.05) is 0 Å². The molecule has 3 N–H and O–H groups in total. The first-order valence-electron chi connectivity index (χ1n) is 4.82. The van der Waals surface area contributed by atoms with Gasteiger partial charge in [-0.2, -0.15) is 0 Å². The SMILES string of the molecule is NCCC#Cc1ccc(F)cc1CC(=O)O. The third-order valence-electron chi connectivity index (χ3n) is 1.90. The van der Waals surface area contributed by atoms with E-state index in [0.29, 0.717) is 24.1 Å². The Bertz CT molecular complexity index is 446. The van der Waals surface area contributed by atoms with Crippen LogP contribution in [0.3, 0.4) is 0 Å². The highest BCUT2D eigenvalue weighted by Crippen LogP contribution is 2.11. The third kappa shape index (κ3) is 3.71. The monoisotopic (exact) mass is 221 g/mol. The molecule has 0 unspecified atom stereocenters. The molecule has 0 aliphatic rings. The van der Waals surface area contributed by atoms with E-state index in [1.54, 1.807) is 0 Å². The first-order valence-corrected chi connectivity index (χ1v) is 4.82. The Balaban J connectivity index is 2.99. The van der Waals surface area contributed by atoms with Crippen molar-refractivity contribution in [3.63, 3.8) is 0 Å². The van der Waals surface area contributed by atoms with Crippen molar-refractivity contribution in [3.8, 4) is 11.8 Å². The first kappa shape index (κ1) is 12.2. The summed E-state index contributed by atoms with van der Waals surface area (Å²) in [6.07, 6.45) is 0.300. The lowest BCUT2D eigenvalue weighted by Crippen LogP contribution is -2.03. The summed E-state index contributed by atoms with van der Waals surface area (Å²) in [5.41, 5.74) is 6.20. The van der Waals surface area contributed by atoms with E-state index in [2.05, 4.69) is 11.8 Å². The molecule has 1 aromatic rings. The molecule has 1 aromatic carbocycles. The number of hydrogen-bond acceptors (Lipinski definition) is 2. The van der Waals surface area contributed by atoms with Gasteiger partial charge in [-0.15, -0.1) is 0 Å². The maximum atomic E-state index is 12.9. The fourth-order valence-electron chi connectivity index (χ4n) is 1.22. The van der Waals surface area contributed by atoms with Crippen molar-refractivity contribution in [2.75, 3.05) is 6.54 Å². The number of carboxylic acid groups (broad SMARTS) is 1. The van der Waals surface area contributed by atoms with Crippen molar-refractivity contribution < 1.29 is 14.3 Å². The molecule has 0 fully saturated rings. The van der Waals surface area contributed by atoms with Gasteiger partial charge in [0.1, 0.15) is 5.82 Å². The number of carbonyl (C=O) groups is 1. The molecule has 0 aromatic heterocycles. The van der Waals surface area contributed by atoms with Crippen LogP contribution in [0, 0.1) is 17.7 Å². The molecule has 0 amide bonds. The Labute approximate surface area is 93.1 Å². The van der Waals surface area contributed by atoms with Crippen LogP contribution in [0.5, 0.6) is 0 Å². The molecule has 1 rings (SSSR count). The zero-order valence-electron chi connectivity index (χ0n) is 8.66. The standard InChI is InChI=1S/C12H12FNO2/c13-11-5-4-9(3-1-2-6-14)10(7-11)8-12(15)16/h4-5,7H,2,6,8,14H2,(H,15,16). The highest BCUT2D eigenvalue weighted by Gasteiger charge is 2.06. The minimum absolute atomic E-state index is 0.232. The number of benzene rings is 1. The molecule has 0 radical (unpaired) electrons. The second kappa shape index (κ2) is 5.89. The van der Waals surface area contributed by atoms with Crippen LogP contribution in [0.2, 0.25) is 0 Å². The second-order valence-electron chi connectivity index (χ2n) is 3.21. The number of aliphatic carboxylic acids is 1. The minimum Gasteiger partial charge on any atom is -0.481 e. The van der Waals surface area contributed by atoms with Crippen molar-refractivity contribution in [3.05, 3.63) is 35.1 Å². The van der Waals surface area contributed by atoms with Crippen molar-refractivity contribution >= 4 is 5.97 Å². The molecule has 0 aliphatic carbocycles. The van der Waals surface area contributed by atoms with Crippen LogP contribution in [-0.4, -0.2) is 17.6 Å². The lowest BCUT2D eigenvalue weighted by Gasteiger charge is -2.01. The number of nitrogens with two attached hydrogens (primary N) is 1. The maximum absolute atomic E-state index is 12.9. The van der Waals surface area contributed by atoms with Crippen LogP contribution in [0.4, 0.5) is 4.39 Å². The normalized spacial score (nSPS) is 9.38. The van der Waals surface area contributed by atoms with Crippen molar-refractivity contribution in [1.29, 1.82) is 0 Å². The first-order chi connectivity index (χ1) is 7.63. The molecule has 4 heteroatoms. The van der Waals surface area contributed by atoms with E-state index in [9.17, 15) is 9.18 Å². The highest BCUT2D eigenvalue weighted by atomic mass is 19.1. The Kier molecular flexibility index (Phi) is 4.49. The van der Waals surface area contributed by atoms with Crippen LogP contribution in [-0.2, 0) is 11.2 Å². The smallest absolute Gasteiger partial charge is 0.307 e. The van der Waals surface area contributed by atoms with Gasteiger partial charge >= 0.3 is 5.97 Å². The maximum Gasteiger partial charge on any atom is 0.307 e. The average Bonchev–Trinajstić information content (AvgIpc) is 2.20. The molecule has 0 bridgehead atoms. The number of carboxylic acids is 1. The van der Waals surface area contributed by atoms with Gasteiger partial charge in [-0.3, -0.25) is 4.79 Å². The van der Waals surface area contributed by atoms with Crippen molar-refractivity contribution in [2.24, 2.45) is 5.73 Å². The van der Waals surface area contributed by atoms with Gasteiger partial charge in [0.15, 0.2) is 0 Å². The molecular formula is C12H12FNO2. The lowest BCUT2D eigenvalue weighted by molar-refractivity contribution is -0.136. The third-order valence-corrected chi connectivity index (χ3v) is 1.90. The predicted molar refractivity (Wildman–Crippen MR) is 58.3 cm³/mol. The van der Waals surface area contributed by atoms with Crippen LogP contribution in [0.25, 0.3) is 0 Å². The van der Waals surface area contributed by atoms with E-state index in [0.717, 1.165) is 0 Å². The Morgan fingerprint density at radius 2 is 2.25 bits per heavy atom. The van der Waals surface area contributed by atoms with Crippen LogP contribution in [0.15, 0.2) is 18.2 Å². The zero-order chi connectivity index (χ0) is 12.0. The average molecular weight is 221 g/mol. The topological polar surface area (TPSA) is 63.3 Å². The second-order valence-corrected chi connectivity index (χ2v) is 3.21. The zero-order valence-corrected chi connectivity index (χ0v) is 8.66. The fraction of sp³-hybridized carbons (Fsp3) is 0.250. The molecule has 3 nitrogen and oxygen atoms in total. The fourth-order valence-corrected chi connectivity index (χ4v) is 1.22. The molecule has 0 atom stereocenters. The highest BCUT2D eigenvalue weighted by molar-refractivity contribution is 5.71. The van der Waals surface area contributed by atoms with Crippen molar-refractivity contribution in [2.45, 2.75) is 12.8 Å². The van der Waals surface area contributed by atoms with E-state index < -0.39 is 11.8 Å². The minimum atomic E-state index is -1.01. The molecule has 0 aliphatic heterocycles. The summed E-state index contributed by atoms with van der Waals surface area (Å²) in [6, 6.07) is 3.94. The van der Waals surface area contributed by atoms with Crippen LogP contribution in [0.1, 0.15) is 17.5 Å². The van der Waals surface area contributed by atoms with Gasteiger partial charge < -0.3 is 10.8 Å². The lowest BCUT2D eigenvalue weighted by atomic mass is 10.0. The van der Waals surface area contributed by atoms with Crippen molar-refractivity contribution in [1.82, 2.24) is 0 Å². The molecule has 84 valence electrons. The van der Waals surface area contributed by atoms with Gasteiger partial charge in [0.2, 0.25) is 0 Å². The summed E-state index contributed by atoms with van der Waals surface area (Å²) in [7, 11) is 0. The van der Waals surface area contributed by atoms with E-state index in [-0.39, 0.29) is 6.42 Å². The summed E-state index contributed by atoms with van der Waals surface area (Å²) in [6.45, 7) is 0.447. The number of halogens is 1.